The van der Waals surface area contributed by atoms with Crippen LogP contribution in [-0.2, 0) is 4.79 Å². The van der Waals surface area contributed by atoms with E-state index in [1.165, 1.54) is 16.4 Å². The van der Waals surface area contributed by atoms with Crippen LogP contribution >= 0.6 is 23.4 Å². The van der Waals surface area contributed by atoms with Crippen LogP contribution in [0.5, 0.6) is 0 Å². The summed E-state index contributed by atoms with van der Waals surface area (Å²) in [5, 5.41) is 11.8. The zero-order valence-corrected chi connectivity index (χ0v) is 14.1. The average molecular weight is 340 g/mol. The number of nitrogens with one attached hydrogen (secondary N) is 1. The Morgan fingerprint density at radius 3 is 2.50 bits per heavy atom. The van der Waals surface area contributed by atoms with E-state index in [4.69, 9.17) is 17.4 Å². The number of nitrogens with zero attached hydrogens (tertiary/aromatic N) is 3. The number of amides is 1. The Kier molecular flexibility index (Phi) is 5.31. The summed E-state index contributed by atoms with van der Waals surface area (Å²) in [7, 11) is 0. The summed E-state index contributed by atoms with van der Waals surface area (Å²) < 4.78 is 1.38. The summed E-state index contributed by atoms with van der Waals surface area (Å²) in [6.45, 7) is 5.64. The van der Waals surface area contributed by atoms with Crippen molar-refractivity contribution in [1.29, 1.82) is 0 Å². The minimum absolute atomic E-state index is 0.0592. The molecule has 0 spiro atoms. The molecule has 0 aliphatic carbocycles. The molecule has 0 aliphatic heterocycles. The van der Waals surface area contributed by atoms with Crippen molar-refractivity contribution in [3.8, 4) is 11.4 Å². The fraction of sp³-hybridized carbons (Fsp3) is 0.357. The molecule has 3 N–H and O–H groups in total. The van der Waals surface area contributed by atoms with Crippen molar-refractivity contribution in [3.63, 3.8) is 0 Å². The van der Waals surface area contributed by atoms with Crippen LogP contribution < -0.4 is 11.2 Å². The van der Waals surface area contributed by atoms with E-state index < -0.39 is 0 Å². The lowest BCUT2D eigenvalue weighted by atomic mass is 10.2. The van der Waals surface area contributed by atoms with Crippen LogP contribution in [0.2, 0.25) is 5.02 Å². The molecule has 1 unspecified atom stereocenters. The van der Waals surface area contributed by atoms with Gasteiger partial charge in [-0.3, -0.25) is 4.79 Å². The van der Waals surface area contributed by atoms with Gasteiger partial charge in [0.05, 0.1) is 5.25 Å². The van der Waals surface area contributed by atoms with Gasteiger partial charge in [-0.1, -0.05) is 23.4 Å². The van der Waals surface area contributed by atoms with Gasteiger partial charge in [0, 0.05) is 16.6 Å². The molecule has 0 bridgehead atoms. The standard InChI is InChI=1S/C14H18ClN5OS/c1-8(2)17-13(21)9(3)22-14-19-18-12(20(14)16)10-4-6-11(15)7-5-10/h4-9H,16H2,1-3H3,(H,17,21). The van der Waals surface area contributed by atoms with Crippen LogP contribution in [0.1, 0.15) is 20.8 Å². The second-order valence-electron chi connectivity index (χ2n) is 5.11. The average Bonchev–Trinajstić information content (AvgIpc) is 2.80. The minimum atomic E-state index is -0.313. The number of nitrogen functional groups attached to an aromatic ring is 1. The van der Waals surface area contributed by atoms with Crippen LogP contribution in [0.25, 0.3) is 11.4 Å². The highest BCUT2D eigenvalue weighted by Crippen LogP contribution is 2.25. The zero-order chi connectivity index (χ0) is 16.3. The normalized spacial score (nSPS) is 12.4. The number of carbonyl (C=O) groups is 1. The predicted octanol–water partition coefficient (Wildman–Crippen LogP) is 2.32. The van der Waals surface area contributed by atoms with Crippen molar-refractivity contribution < 1.29 is 4.79 Å². The third-order valence-electron chi connectivity index (χ3n) is 2.85. The summed E-state index contributed by atoms with van der Waals surface area (Å²) in [4.78, 5) is 11.9. The summed E-state index contributed by atoms with van der Waals surface area (Å²) >= 11 is 7.13. The van der Waals surface area contributed by atoms with Crippen molar-refractivity contribution in [3.05, 3.63) is 29.3 Å². The first-order valence-electron chi connectivity index (χ1n) is 6.82. The number of benzene rings is 1. The Morgan fingerprint density at radius 2 is 1.91 bits per heavy atom. The van der Waals surface area contributed by atoms with Crippen molar-refractivity contribution >= 4 is 29.3 Å². The van der Waals surface area contributed by atoms with E-state index in [0.29, 0.717) is 16.0 Å². The van der Waals surface area contributed by atoms with E-state index in [9.17, 15) is 4.79 Å². The van der Waals surface area contributed by atoms with E-state index in [0.717, 1.165) is 5.56 Å². The third-order valence-corrected chi connectivity index (χ3v) is 4.16. The lowest BCUT2D eigenvalue weighted by Gasteiger charge is -2.13. The zero-order valence-electron chi connectivity index (χ0n) is 12.6. The fourth-order valence-electron chi connectivity index (χ4n) is 1.77. The molecule has 1 atom stereocenters. The Balaban J connectivity index is 2.14. The summed E-state index contributed by atoms with van der Waals surface area (Å²) in [6.07, 6.45) is 0. The second-order valence-corrected chi connectivity index (χ2v) is 6.85. The maximum Gasteiger partial charge on any atom is 0.233 e. The topological polar surface area (TPSA) is 85.8 Å². The van der Waals surface area contributed by atoms with E-state index >= 15 is 0 Å². The Labute approximate surface area is 138 Å². The molecular weight excluding hydrogens is 322 g/mol. The summed E-state index contributed by atoms with van der Waals surface area (Å²) in [5.74, 6) is 6.49. The molecule has 2 aromatic rings. The molecule has 118 valence electrons. The van der Waals surface area contributed by atoms with Crippen molar-refractivity contribution in [2.75, 3.05) is 5.84 Å². The molecule has 0 radical (unpaired) electrons. The number of halogens is 1. The molecule has 1 aromatic heterocycles. The molecule has 1 aromatic carbocycles. The van der Waals surface area contributed by atoms with Gasteiger partial charge in [0.25, 0.3) is 0 Å². The molecule has 1 amide bonds. The van der Waals surface area contributed by atoms with Crippen LogP contribution in [0.4, 0.5) is 0 Å². The predicted molar refractivity (Wildman–Crippen MR) is 89.2 cm³/mol. The van der Waals surface area contributed by atoms with Gasteiger partial charge in [0.1, 0.15) is 0 Å². The molecule has 0 aliphatic rings. The fourth-order valence-corrected chi connectivity index (χ4v) is 2.67. The number of thioether (sulfide) groups is 1. The lowest BCUT2D eigenvalue weighted by Crippen LogP contribution is -2.36. The summed E-state index contributed by atoms with van der Waals surface area (Å²) in [5.41, 5.74) is 0.811. The van der Waals surface area contributed by atoms with Gasteiger partial charge in [0.2, 0.25) is 11.1 Å². The Hall–Kier alpha value is -1.73. The maximum absolute atomic E-state index is 11.9. The lowest BCUT2D eigenvalue weighted by molar-refractivity contribution is -0.120. The number of hydrogen-bond acceptors (Lipinski definition) is 5. The first-order chi connectivity index (χ1) is 10.4. The number of hydrogen-bond donors (Lipinski definition) is 2. The van der Waals surface area contributed by atoms with Crippen LogP contribution in [-0.4, -0.2) is 32.1 Å². The second kappa shape index (κ2) is 7.02. The van der Waals surface area contributed by atoms with Gasteiger partial charge in [-0.05, 0) is 45.0 Å². The minimum Gasteiger partial charge on any atom is -0.353 e. The molecule has 2 rings (SSSR count). The van der Waals surface area contributed by atoms with Gasteiger partial charge in [-0.2, -0.15) is 0 Å². The molecule has 0 saturated carbocycles. The first-order valence-corrected chi connectivity index (χ1v) is 8.07. The molecule has 8 heteroatoms. The van der Waals surface area contributed by atoms with E-state index in [2.05, 4.69) is 15.5 Å². The van der Waals surface area contributed by atoms with E-state index in [-0.39, 0.29) is 17.2 Å². The van der Waals surface area contributed by atoms with Crippen molar-refractivity contribution in [1.82, 2.24) is 20.2 Å². The largest absolute Gasteiger partial charge is 0.353 e. The Morgan fingerprint density at radius 1 is 1.27 bits per heavy atom. The highest BCUT2D eigenvalue weighted by atomic mass is 35.5. The quantitative estimate of drug-likeness (QED) is 0.645. The molecule has 0 fully saturated rings. The van der Waals surface area contributed by atoms with Gasteiger partial charge < -0.3 is 11.2 Å². The van der Waals surface area contributed by atoms with Gasteiger partial charge in [0.15, 0.2) is 5.82 Å². The molecule has 6 nitrogen and oxygen atoms in total. The summed E-state index contributed by atoms with van der Waals surface area (Å²) in [6, 6.07) is 7.25. The number of nitrogens with two attached hydrogens (primary N) is 1. The number of carbonyl (C=O) groups excluding carboxylic acids is 1. The smallest absolute Gasteiger partial charge is 0.233 e. The molecule has 1 heterocycles. The first kappa shape index (κ1) is 16.6. The maximum atomic E-state index is 11.9. The van der Waals surface area contributed by atoms with Gasteiger partial charge in [-0.25, -0.2) is 4.68 Å². The van der Waals surface area contributed by atoms with E-state index in [1.54, 1.807) is 19.1 Å². The Bertz CT molecular complexity index is 656. The molecule has 22 heavy (non-hydrogen) atoms. The highest BCUT2D eigenvalue weighted by Gasteiger charge is 2.20. The highest BCUT2D eigenvalue weighted by molar-refractivity contribution is 8.00. The number of aromatic nitrogens is 3. The van der Waals surface area contributed by atoms with Gasteiger partial charge in [-0.15, -0.1) is 10.2 Å². The van der Waals surface area contributed by atoms with Gasteiger partial charge >= 0.3 is 0 Å². The number of rotatable bonds is 5. The monoisotopic (exact) mass is 339 g/mol. The van der Waals surface area contributed by atoms with Crippen molar-refractivity contribution in [2.24, 2.45) is 0 Å². The third kappa shape index (κ3) is 3.92. The van der Waals surface area contributed by atoms with Crippen molar-refractivity contribution in [2.45, 2.75) is 37.2 Å². The van der Waals surface area contributed by atoms with Crippen LogP contribution in [0.3, 0.4) is 0 Å². The van der Waals surface area contributed by atoms with E-state index in [1.807, 2.05) is 26.0 Å². The van der Waals surface area contributed by atoms with Crippen LogP contribution in [0.15, 0.2) is 29.4 Å². The SMILES string of the molecule is CC(C)NC(=O)C(C)Sc1nnc(-c2ccc(Cl)cc2)n1N. The molecular formula is C14H18ClN5OS. The molecule has 0 saturated heterocycles. The van der Waals surface area contributed by atoms with Crippen LogP contribution in [0, 0.1) is 0 Å².